The van der Waals surface area contributed by atoms with Gasteiger partial charge in [-0.05, 0) is 32.9 Å². The number of carbonyl (C=O) groups is 1. The Bertz CT molecular complexity index is 729. The average Bonchev–Trinajstić information content (AvgIpc) is 2.44. The quantitative estimate of drug-likeness (QED) is 0.784. The van der Waals surface area contributed by atoms with E-state index in [0.717, 1.165) is 12.1 Å². The molecule has 1 heterocycles. The van der Waals surface area contributed by atoms with Crippen LogP contribution < -0.4 is 19.5 Å². The summed E-state index contributed by atoms with van der Waals surface area (Å²) in [5.74, 6) is -0.895. The number of nitrogens with one attached hydrogen (secondary N) is 1. The summed E-state index contributed by atoms with van der Waals surface area (Å²) in [6, 6.07) is 3.43. The van der Waals surface area contributed by atoms with Crippen LogP contribution in [0.2, 0.25) is 0 Å². The molecule has 3 rings (SSSR count). The Labute approximate surface area is 152 Å². The van der Waals surface area contributed by atoms with E-state index in [-0.39, 0.29) is 18.0 Å². The highest BCUT2D eigenvalue weighted by atomic mass is 19.3. The first-order valence-electron chi connectivity index (χ1n) is 8.28. The van der Waals surface area contributed by atoms with Crippen molar-refractivity contribution in [2.75, 3.05) is 0 Å². The van der Waals surface area contributed by atoms with Crippen molar-refractivity contribution in [1.29, 1.82) is 0 Å². The van der Waals surface area contributed by atoms with Crippen LogP contribution in [0.15, 0.2) is 18.2 Å². The first-order chi connectivity index (χ1) is 12.3. The van der Waals surface area contributed by atoms with Gasteiger partial charge in [0.05, 0.1) is 0 Å². The summed E-state index contributed by atoms with van der Waals surface area (Å²) in [5.41, 5.74) is -0.416. The van der Waals surface area contributed by atoms with Crippen LogP contribution in [-0.4, -0.2) is 36.1 Å². The number of ether oxygens (including phenoxy) is 4. The number of halogens is 4. The third-order valence-electron chi connectivity index (χ3n) is 3.84. The first kappa shape index (κ1) is 19.4. The second-order valence-corrected chi connectivity index (χ2v) is 7.46. The molecule has 0 bridgehead atoms. The number of rotatable bonds is 3. The van der Waals surface area contributed by atoms with Crippen molar-refractivity contribution in [3.05, 3.63) is 18.2 Å². The maximum Gasteiger partial charge on any atom is 0.507 e. The van der Waals surface area contributed by atoms with Crippen molar-refractivity contribution in [3.63, 3.8) is 0 Å². The predicted molar refractivity (Wildman–Crippen MR) is 84.4 cm³/mol. The minimum Gasteiger partial charge on any atom is -0.490 e. The number of amides is 1. The van der Waals surface area contributed by atoms with E-state index in [0.29, 0.717) is 12.8 Å². The number of fused-ring (bicyclic) bond motifs is 1. The summed E-state index contributed by atoms with van der Waals surface area (Å²) in [6.07, 6.45) is -9.86. The summed E-state index contributed by atoms with van der Waals surface area (Å²) in [5, 5.41) is 2.67. The van der Waals surface area contributed by atoms with Gasteiger partial charge >= 0.3 is 18.3 Å². The van der Waals surface area contributed by atoms with Gasteiger partial charge in [0.25, 0.3) is 0 Å². The molecule has 0 aromatic heterocycles. The van der Waals surface area contributed by atoms with E-state index < -0.39 is 35.3 Å². The van der Waals surface area contributed by atoms with Crippen molar-refractivity contribution >= 4 is 6.09 Å². The molecule has 1 N–H and O–H groups in total. The lowest BCUT2D eigenvalue weighted by atomic mass is 9.92. The molecule has 150 valence electrons. The van der Waals surface area contributed by atoms with Crippen molar-refractivity contribution in [2.45, 2.75) is 63.6 Å². The van der Waals surface area contributed by atoms with Crippen LogP contribution in [0.25, 0.3) is 0 Å². The molecule has 0 atom stereocenters. The highest BCUT2D eigenvalue weighted by Gasteiger charge is 2.66. The van der Waals surface area contributed by atoms with Gasteiger partial charge in [-0.3, -0.25) is 0 Å². The molecule has 10 heteroatoms. The second-order valence-electron chi connectivity index (χ2n) is 7.46. The van der Waals surface area contributed by atoms with Gasteiger partial charge in [-0.15, -0.1) is 0 Å². The fourth-order valence-corrected chi connectivity index (χ4v) is 2.51. The van der Waals surface area contributed by atoms with Crippen molar-refractivity contribution in [2.24, 2.45) is 0 Å². The average molecular weight is 393 g/mol. The van der Waals surface area contributed by atoms with Gasteiger partial charge < -0.3 is 24.3 Å². The molecule has 0 radical (unpaired) electrons. The standard InChI is InChI=1S/C17H19F4NO5/c1-15(2,3)22-14(23)25-11-6-10(7-11)24-9-4-5-12-13(8-9)27-17(20,21)16(18,19)26-12/h4-5,8,10-11H,6-7H2,1-3H3,(H,22,23). The number of hydrogen-bond acceptors (Lipinski definition) is 5. The van der Waals surface area contributed by atoms with Gasteiger partial charge in [0.15, 0.2) is 11.5 Å². The Morgan fingerprint density at radius 3 is 2.26 bits per heavy atom. The number of alkyl carbamates (subject to hydrolysis) is 1. The molecule has 0 unspecified atom stereocenters. The SMILES string of the molecule is CC(C)(C)NC(=O)OC1CC(Oc2ccc3c(c2)OC(F)(F)C(F)(F)O3)C1. The number of hydrogen-bond donors (Lipinski definition) is 1. The van der Waals surface area contributed by atoms with Crippen molar-refractivity contribution in [1.82, 2.24) is 5.32 Å². The van der Waals surface area contributed by atoms with Gasteiger partial charge in [-0.25, -0.2) is 4.79 Å². The third kappa shape index (κ3) is 4.30. The lowest BCUT2D eigenvalue weighted by Gasteiger charge is -2.36. The van der Waals surface area contributed by atoms with Crippen LogP contribution >= 0.6 is 0 Å². The minimum absolute atomic E-state index is 0.154. The van der Waals surface area contributed by atoms with E-state index in [1.807, 2.05) is 20.8 Å². The van der Waals surface area contributed by atoms with Crippen LogP contribution in [-0.2, 0) is 4.74 Å². The second kappa shape index (κ2) is 6.35. The van der Waals surface area contributed by atoms with E-state index >= 15 is 0 Å². The molecule has 1 aromatic carbocycles. The van der Waals surface area contributed by atoms with Gasteiger partial charge in [-0.2, -0.15) is 17.6 Å². The maximum atomic E-state index is 13.2. The molecular formula is C17H19F4NO5. The molecule has 1 amide bonds. The van der Waals surface area contributed by atoms with Crippen LogP contribution in [0, 0.1) is 0 Å². The van der Waals surface area contributed by atoms with Crippen LogP contribution in [0.5, 0.6) is 17.2 Å². The topological polar surface area (TPSA) is 66.0 Å². The Morgan fingerprint density at radius 2 is 1.67 bits per heavy atom. The van der Waals surface area contributed by atoms with Gasteiger partial charge in [0.1, 0.15) is 18.0 Å². The monoisotopic (exact) mass is 393 g/mol. The summed E-state index contributed by atoms with van der Waals surface area (Å²) in [4.78, 5) is 11.7. The molecule has 1 aromatic rings. The molecule has 1 fully saturated rings. The fraction of sp³-hybridized carbons (Fsp3) is 0.588. The molecule has 6 nitrogen and oxygen atoms in total. The molecule has 0 saturated heterocycles. The minimum atomic E-state index is -4.78. The lowest BCUT2D eigenvalue weighted by molar-refractivity contribution is -0.391. The molecule has 1 aliphatic heterocycles. The summed E-state index contributed by atoms with van der Waals surface area (Å²) in [7, 11) is 0. The fourth-order valence-electron chi connectivity index (χ4n) is 2.51. The molecule has 1 aliphatic carbocycles. The summed E-state index contributed by atoms with van der Waals surface area (Å²) in [6.45, 7) is 5.46. The number of alkyl halides is 4. The van der Waals surface area contributed by atoms with E-state index in [4.69, 9.17) is 9.47 Å². The zero-order chi connectivity index (χ0) is 20.0. The van der Waals surface area contributed by atoms with E-state index in [9.17, 15) is 22.4 Å². The van der Waals surface area contributed by atoms with Crippen LogP contribution in [0.3, 0.4) is 0 Å². The lowest BCUT2D eigenvalue weighted by Crippen LogP contribution is -2.52. The first-order valence-corrected chi connectivity index (χ1v) is 8.28. The summed E-state index contributed by atoms with van der Waals surface area (Å²) >= 11 is 0. The maximum absolute atomic E-state index is 13.2. The number of carbonyl (C=O) groups excluding carboxylic acids is 1. The van der Waals surface area contributed by atoms with Gasteiger partial charge in [0, 0.05) is 24.4 Å². The Morgan fingerprint density at radius 1 is 1.07 bits per heavy atom. The normalized spacial score (nSPS) is 25.1. The van der Waals surface area contributed by atoms with Gasteiger partial charge in [-0.1, -0.05) is 0 Å². The van der Waals surface area contributed by atoms with E-state index in [2.05, 4.69) is 14.8 Å². The smallest absolute Gasteiger partial charge is 0.490 e. The zero-order valence-electron chi connectivity index (χ0n) is 14.9. The van der Waals surface area contributed by atoms with Crippen LogP contribution in [0.1, 0.15) is 33.6 Å². The summed E-state index contributed by atoms with van der Waals surface area (Å²) < 4.78 is 71.5. The highest BCUT2D eigenvalue weighted by molar-refractivity contribution is 5.68. The Hall–Kier alpha value is -2.39. The van der Waals surface area contributed by atoms with Gasteiger partial charge in [0.2, 0.25) is 0 Å². The van der Waals surface area contributed by atoms with Crippen LogP contribution in [0.4, 0.5) is 22.4 Å². The predicted octanol–water partition coefficient (Wildman–Crippen LogP) is 4.08. The Balaban J connectivity index is 1.53. The van der Waals surface area contributed by atoms with Crippen molar-refractivity contribution in [3.8, 4) is 17.2 Å². The van der Waals surface area contributed by atoms with Crippen molar-refractivity contribution < 1.29 is 41.3 Å². The number of benzene rings is 1. The van der Waals surface area contributed by atoms with E-state index in [1.54, 1.807) is 0 Å². The third-order valence-corrected chi connectivity index (χ3v) is 3.84. The highest BCUT2D eigenvalue weighted by Crippen LogP contribution is 2.48. The molecule has 2 aliphatic rings. The molecule has 1 saturated carbocycles. The zero-order valence-corrected chi connectivity index (χ0v) is 14.9. The molecule has 27 heavy (non-hydrogen) atoms. The van der Waals surface area contributed by atoms with E-state index in [1.165, 1.54) is 6.07 Å². The molecular weight excluding hydrogens is 374 g/mol. The Kier molecular flexibility index (Phi) is 4.55. The molecule has 0 spiro atoms. The largest absolute Gasteiger partial charge is 0.507 e.